The number of aliphatic hydroxyl groups is 1. The van der Waals surface area contributed by atoms with Crippen LogP contribution in [0.15, 0.2) is 79.4 Å². The van der Waals surface area contributed by atoms with Crippen molar-refractivity contribution in [1.29, 1.82) is 5.26 Å². The van der Waals surface area contributed by atoms with Crippen LogP contribution in [0.4, 0.5) is 0 Å². The summed E-state index contributed by atoms with van der Waals surface area (Å²) in [4.78, 5) is 16.8. The van der Waals surface area contributed by atoms with Crippen molar-refractivity contribution in [2.45, 2.75) is 77.9 Å². The van der Waals surface area contributed by atoms with Crippen LogP contribution in [0.25, 0.3) is 11.1 Å². The first-order valence-corrected chi connectivity index (χ1v) is 19.6. The van der Waals surface area contributed by atoms with Crippen LogP contribution in [0.5, 0.6) is 17.2 Å². The zero-order valence-corrected chi connectivity index (χ0v) is 32.4. The van der Waals surface area contributed by atoms with Crippen molar-refractivity contribution in [3.63, 3.8) is 0 Å². The smallest absolute Gasteiger partial charge is 0.142 e. The maximum Gasteiger partial charge on any atom is 0.142 e. The maximum absolute atomic E-state index is 9.82. The molecule has 0 spiro atoms. The lowest BCUT2D eigenvalue weighted by molar-refractivity contribution is 0.132. The number of imidazole rings is 1. The number of pyridine rings is 1. The summed E-state index contributed by atoms with van der Waals surface area (Å²) in [6, 6.07) is 20.5. The van der Waals surface area contributed by atoms with Gasteiger partial charge in [-0.05, 0) is 92.1 Å². The van der Waals surface area contributed by atoms with Crippen LogP contribution in [0.3, 0.4) is 0 Å². The first-order chi connectivity index (χ1) is 26.9. The van der Waals surface area contributed by atoms with Gasteiger partial charge in [-0.15, -0.1) is 0 Å². The minimum absolute atomic E-state index is 0.171. The second-order valence-electron chi connectivity index (χ2n) is 14.6. The number of benzene rings is 3. The molecule has 0 amide bonds. The number of hydrogen-bond acceptors (Lipinski definition) is 9. The van der Waals surface area contributed by atoms with Gasteiger partial charge in [0, 0.05) is 68.2 Å². The number of nitrogens with zero attached hydrogens (tertiary/aromatic N) is 5. The molecule has 0 aliphatic carbocycles. The van der Waals surface area contributed by atoms with Gasteiger partial charge in [-0.3, -0.25) is 9.88 Å². The SMILES string of the molecule is Cc1c(COc2cc(OCc3cncc(C#N)c3)c(CN3CCCCC3c3ncc[nH]3)cc2Cl)cccc1-c1cccc(OCCCN2CC[C@@H](O)C2)c1C. The molecule has 10 nitrogen and oxygen atoms in total. The highest BCUT2D eigenvalue weighted by atomic mass is 35.5. The molecule has 2 saturated heterocycles. The third kappa shape index (κ3) is 9.49. The molecule has 55 heavy (non-hydrogen) atoms. The van der Waals surface area contributed by atoms with E-state index in [0.717, 1.165) is 109 Å². The molecule has 0 radical (unpaired) electrons. The van der Waals surface area contributed by atoms with E-state index < -0.39 is 0 Å². The highest BCUT2D eigenvalue weighted by molar-refractivity contribution is 6.32. The van der Waals surface area contributed by atoms with E-state index in [1.807, 2.05) is 30.5 Å². The van der Waals surface area contributed by atoms with Crippen molar-refractivity contribution in [3.8, 4) is 34.4 Å². The van der Waals surface area contributed by atoms with E-state index in [9.17, 15) is 10.4 Å². The number of nitrogens with one attached hydrogen (secondary N) is 1. The fraction of sp³-hybridized carbons (Fsp3) is 0.386. The van der Waals surface area contributed by atoms with Crippen molar-refractivity contribution >= 4 is 11.6 Å². The summed E-state index contributed by atoms with van der Waals surface area (Å²) in [7, 11) is 0. The highest BCUT2D eigenvalue weighted by Crippen LogP contribution is 2.39. The van der Waals surface area contributed by atoms with Crippen LogP contribution in [-0.2, 0) is 19.8 Å². The first kappa shape index (κ1) is 38.4. The molecule has 7 rings (SSSR count). The Labute approximate surface area is 328 Å². The molecular formula is C44H49ClN6O4. The summed E-state index contributed by atoms with van der Waals surface area (Å²) in [5.41, 5.74) is 7.75. The number of piperidine rings is 1. The van der Waals surface area contributed by atoms with Crippen molar-refractivity contribution in [3.05, 3.63) is 124 Å². The zero-order valence-electron chi connectivity index (χ0n) is 31.6. The molecule has 2 N–H and O–H groups in total. The number of aromatic amines is 1. The first-order valence-electron chi connectivity index (χ1n) is 19.2. The van der Waals surface area contributed by atoms with Crippen LogP contribution in [0.1, 0.15) is 77.4 Å². The number of rotatable bonds is 15. The number of β-amino-alcohol motifs (C(OH)–C–C–N with tert-alkyl or cyclic N) is 1. The lowest BCUT2D eigenvalue weighted by Crippen LogP contribution is -2.33. The molecule has 2 aliphatic heterocycles. The number of hydrogen-bond donors (Lipinski definition) is 2. The number of halogens is 1. The largest absolute Gasteiger partial charge is 0.493 e. The fourth-order valence-corrected chi connectivity index (χ4v) is 7.98. The molecule has 3 aromatic carbocycles. The Morgan fingerprint density at radius 2 is 1.75 bits per heavy atom. The van der Waals surface area contributed by atoms with Crippen LogP contribution >= 0.6 is 11.6 Å². The molecule has 2 fully saturated rings. The Bertz CT molecular complexity index is 2100. The summed E-state index contributed by atoms with van der Waals surface area (Å²) >= 11 is 6.99. The van der Waals surface area contributed by atoms with Crippen LogP contribution in [-0.4, -0.2) is 68.7 Å². The van der Waals surface area contributed by atoms with E-state index in [2.05, 4.69) is 68.9 Å². The summed E-state index contributed by atoms with van der Waals surface area (Å²) < 4.78 is 19.2. The molecule has 5 aromatic rings. The maximum atomic E-state index is 9.82. The Morgan fingerprint density at radius 1 is 0.909 bits per heavy atom. The predicted octanol–water partition coefficient (Wildman–Crippen LogP) is 8.33. The third-order valence-electron chi connectivity index (χ3n) is 10.8. The number of aliphatic hydroxyl groups excluding tert-OH is 1. The van der Waals surface area contributed by atoms with E-state index in [-0.39, 0.29) is 18.8 Å². The van der Waals surface area contributed by atoms with Crippen molar-refractivity contribution < 1.29 is 19.3 Å². The summed E-state index contributed by atoms with van der Waals surface area (Å²) in [6.07, 6.45) is 11.8. The number of nitriles is 1. The average molecular weight is 761 g/mol. The third-order valence-corrected chi connectivity index (χ3v) is 11.1. The minimum Gasteiger partial charge on any atom is -0.493 e. The number of H-pyrrole nitrogens is 1. The van der Waals surface area contributed by atoms with Crippen LogP contribution < -0.4 is 14.2 Å². The topological polar surface area (TPSA) is 120 Å². The zero-order chi connectivity index (χ0) is 38.1. The van der Waals surface area contributed by atoms with Gasteiger partial charge in [-0.1, -0.05) is 48.4 Å². The lowest BCUT2D eigenvalue weighted by Gasteiger charge is -2.35. The van der Waals surface area contributed by atoms with Crippen molar-refractivity contribution in [1.82, 2.24) is 24.8 Å². The normalized spacial score (nSPS) is 17.6. The van der Waals surface area contributed by atoms with Gasteiger partial charge >= 0.3 is 0 Å². The van der Waals surface area contributed by atoms with Crippen LogP contribution in [0.2, 0.25) is 5.02 Å². The molecule has 1 unspecified atom stereocenters. The molecule has 4 heterocycles. The molecule has 11 heteroatoms. The second kappa shape index (κ2) is 18.1. The second-order valence-corrected chi connectivity index (χ2v) is 15.0. The Balaban J connectivity index is 1.08. The summed E-state index contributed by atoms with van der Waals surface area (Å²) in [5, 5.41) is 19.7. The molecule has 0 saturated carbocycles. The predicted molar refractivity (Wildman–Crippen MR) is 213 cm³/mol. The van der Waals surface area contributed by atoms with Crippen molar-refractivity contribution in [2.75, 3.05) is 32.8 Å². The summed E-state index contributed by atoms with van der Waals surface area (Å²) in [5.74, 6) is 3.05. The fourth-order valence-electron chi connectivity index (χ4n) is 7.74. The number of likely N-dealkylation sites (tertiary alicyclic amines) is 2. The lowest BCUT2D eigenvalue weighted by atomic mass is 9.93. The van der Waals surface area contributed by atoms with E-state index in [0.29, 0.717) is 41.8 Å². The number of ether oxygens (including phenoxy) is 3. The minimum atomic E-state index is -0.201. The van der Waals surface area contributed by atoms with Crippen LogP contribution in [0, 0.1) is 25.2 Å². The monoisotopic (exact) mass is 760 g/mol. The van der Waals surface area contributed by atoms with Crippen molar-refractivity contribution in [2.24, 2.45) is 0 Å². The van der Waals surface area contributed by atoms with E-state index in [1.54, 1.807) is 24.7 Å². The summed E-state index contributed by atoms with van der Waals surface area (Å²) in [6.45, 7) is 9.61. The highest BCUT2D eigenvalue weighted by Gasteiger charge is 2.27. The van der Waals surface area contributed by atoms with E-state index in [1.165, 1.54) is 0 Å². The molecule has 0 bridgehead atoms. The van der Waals surface area contributed by atoms with Gasteiger partial charge in [0.15, 0.2) is 0 Å². The molecular weight excluding hydrogens is 712 g/mol. The van der Waals surface area contributed by atoms with Gasteiger partial charge in [0.25, 0.3) is 0 Å². The van der Waals surface area contributed by atoms with Gasteiger partial charge in [-0.25, -0.2) is 4.98 Å². The number of aromatic nitrogens is 3. The van der Waals surface area contributed by atoms with Gasteiger partial charge in [0.05, 0.1) is 29.3 Å². The molecule has 2 aliphatic rings. The molecule has 286 valence electrons. The van der Waals surface area contributed by atoms with E-state index >= 15 is 0 Å². The average Bonchev–Trinajstić information content (AvgIpc) is 3.89. The Hall–Kier alpha value is -4.92. The van der Waals surface area contributed by atoms with Gasteiger partial charge in [-0.2, -0.15) is 5.26 Å². The Morgan fingerprint density at radius 3 is 2.55 bits per heavy atom. The van der Waals surface area contributed by atoms with Gasteiger partial charge < -0.3 is 29.2 Å². The molecule has 2 atom stereocenters. The molecule has 2 aromatic heterocycles. The van der Waals surface area contributed by atoms with Gasteiger partial charge in [0.1, 0.15) is 42.4 Å². The van der Waals surface area contributed by atoms with Gasteiger partial charge in [0.2, 0.25) is 0 Å². The Kier molecular flexibility index (Phi) is 12.7. The quantitative estimate of drug-likeness (QED) is 0.102. The van der Waals surface area contributed by atoms with E-state index in [4.69, 9.17) is 25.8 Å². The standard InChI is InChI=1S/C44H49ClN6O4/c1-30-34(8-5-9-37(30)38-10-6-12-41(31(38)2)53-19-7-16-50-18-13-36(52)27-50)29-55-43-22-42(54-28-33-20-32(23-46)24-47-25-33)35(21-39(43)45)26-51-17-4-3-11-40(51)44-48-14-15-49-44/h5-6,8-10,12,14-15,20-22,24-25,36,40,52H,3-4,7,11,13,16-19,26-29H2,1-2H3,(H,48,49)/t36-,40?/m1/s1.